The zero-order valence-electron chi connectivity index (χ0n) is 13.1. The van der Waals surface area contributed by atoms with E-state index in [2.05, 4.69) is 25.8 Å². The standard InChI is InChI=1S/C17H14BrN3O3S/c18-10-3-4-12-9(7-10)8-11(16(23)24-12)13(22)14-15(19)20-17(25-14)21-5-1-2-6-21/h3-4,7-8H,1-2,5-6,19H2. The zero-order chi connectivity index (χ0) is 17.6. The number of hydrogen-bond acceptors (Lipinski definition) is 7. The van der Waals surface area contributed by atoms with Crippen LogP contribution in [0.1, 0.15) is 28.1 Å². The number of aromatic nitrogens is 1. The molecule has 1 saturated heterocycles. The van der Waals surface area contributed by atoms with Crippen LogP contribution in [0.5, 0.6) is 0 Å². The van der Waals surface area contributed by atoms with Crippen molar-refractivity contribution < 1.29 is 9.21 Å². The average Bonchev–Trinajstić information content (AvgIpc) is 3.23. The molecule has 0 spiro atoms. The third kappa shape index (κ3) is 2.96. The van der Waals surface area contributed by atoms with Crippen LogP contribution in [-0.2, 0) is 0 Å². The fraction of sp³-hybridized carbons (Fsp3) is 0.235. The van der Waals surface area contributed by atoms with Crippen LogP contribution < -0.4 is 16.3 Å². The van der Waals surface area contributed by atoms with Crippen LogP contribution >= 0.6 is 27.3 Å². The number of nitrogens with two attached hydrogens (primary N) is 1. The number of benzene rings is 1. The topological polar surface area (TPSA) is 89.4 Å². The fourth-order valence-electron chi connectivity index (χ4n) is 2.90. The molecule has 1 aliphatic rings. The maximum Gasteiger partial charge on any atom is 0.347 e. The Morgan fingerprint density at radius 2 is 2.04 bits per heavy atom. The van der Waals surface area contributed by atoms with E-state index < -0.39 is 11.4 Å². The zero-order valence-corrected chi connectivity index (χ0v) is 15.5. The number of ketones is 1. The highest BCUT2D eigenvalue weighted by atomic mass is 79.9. The summed E-state index contributed by atoms with van der Waals surface area (Å²) in [5.74, 6) is -0.290. The Balaban J connectivity index is 1.77. The number of rotatable bonds is 3. The molecule has 128 valence electrons. The number of nitrogens with zero attached hydrogens (tertiary/aromatic N) is 2. The highest BCUT2D eigenvalue weighted by Gasteiger charge is 2.24. The number of anilines is 2. The number of fused-ring (bicyclic) bond motifs is 1. The first-order valence-corrected chi connectivity index (χ1v) is 9.43. The Hall–Kier alpha value is -2.19. The van der Waals surface area contributed by atoms with Crippen molar-refractivity contribution >= 4 is 55.0 Å². The van der Waals surface area contributed by atoms with E-state index in [4.69, 9.17) is 10.2 Å². The summed E-state index contributed by atoms with van der Waals surface area (Å²) in [5, 5.41) is 1.39. The van der Waals surface area contributed by atoms with Crippen LogP contribution in [0.4, 0.5) is 10.9 Å². The summed E-state index contributed by atoms with van der Waals surface area (Å²) in [6.07, 6.45) is 2.21. The SMILES string of the molecule is Nc1nc(N2CCCC2)sc1C(=O)c1cc2cc(Br)ccc2oc1=O. The first kappa shape index (κ1) is 16.3. The predicted molar refractivity (Wildman–Crippen MR) is 102 cm³/mol. The summed E-state index contributed by atoms with van der Waals surface area (Å²) in [7, 11) is 0. The molecule has 8 heteroatoms. The highest BCUT2D eigenvalue weighted by Crippen LogP contribution is 2.32. The lowest BCUT2D eigenvalue weighted by Gasteiger charge is -2.11. The second kappa shape index (κ2) is 6.27. The number of hydrogen-bond donors (Lipinski definition) is 1. The van der Waals surface area contributed by atoms with Crippen molar-refractivity contribution in [2.45, 2.75) is 12.8 Å². The van der Waals surface area contributed by atoms with E-state index in [0.29, 0.717) is 11.0 Å². The summed E-state index contributed by atoms with van der Waals surface area (Å²) in [6.45, 7) is 1.82. The molecular formula is C17H14BrN3O3S. The lowest BCUT2D eigenvalue weighted by molar-refractivity contribution is 0.104. The molecule has 25 heavy (non-hydrogen) atoms. The molecule has 4 rings (SSSR count). The van der Waals surface area contributed by atoms with Gasteiger partial charge >= 0.3 is 5.63 Å². The second-order valence-electron chi connectivity index (χ2n) is 5.86. The Morgan fingerprint density at radius 3 is 2.80 bits per heavy atom. The fourth-order valence-corrected chi connectivity index (χ4v) is 4.27. The van der Waals surface area contributed by atoms with E-state index >= 15 is 0 Å². The van der Waals surface area contributed by atoms with E-state index in [0.717, 1.165) is 35.5 Å². The summed E-state index contributed by atoms with van der Waals surface area (Å²) < 4.78 is 6.11. The number of carbonyl (C=O) groups excluding carboxylic acids is 1. The van der Waals surface area contributed by atoms with Gasteiger partial charge in [-0.1, -0.05) is 27.3 Å². The Kier molecular flexibility index (Phi) is 4.09. The van der Waals surface area contributed by atoms with Gasteiger partial charge in [0, 0.05) is 22.9 Å². The molecule has 0 amide bonds. The number of nitrogen functional groups attached to an aromatic ring is 1. The third-order valence-corrected chi connectivity index (χ3v) is 5.79. The van der Waals surface area contributed by atoms with Gasteiger partial charge in [0.25, 0.3) is 0 Å². The van der Waals surface area contributed by atoms with E-state index in [9.17, 15) is 9.59 Å². The molecule has 1 aromatic carbocycles. The third-order valence-electron chi connectivity index (χ3n) is 4.16. The molecule has 6 nitrogen and oxygen atoms in total. The second-order valence-corrected chi connectivity index (χ2v) is 7.76. The van der Waals surface area contributed by atoms with Gasteiger partial charge in [0.1, 0.15) is 21.8 Å². The van der Waals surface area contributed by atoms with Crippen LogP contribution in [0, 0.1) is 0 Å². The lowest BCUT2D eigenvalue weighted by atomic mass is 10.1. The summed E-state index contributed by atoms with van der Waals surface area (Å²) in [5.41, 5.74) is 5.67. The van der Waals surface area contributed by atoms with E-state index in [1.54, 1.807) is 24.3 Å². The van der Waals surface area contributed by atoms with Gasteiger partial charge in [-0.3, -0.25) is 4.79 Å². The molecule has 0 unspecified atom stereocenters. The maximum atomic E-state index is 12.8. The van der Waals surface area contributed by atoms with Gasteiger partial charge < -0.3 is 15.1 Å². The molecule has 0 aliphatic carbocycles. The van der Waals surface area contributed by atoms with Gasteiger partial charge in [-0.05, 0) is 37.1 Å². The maximum absolute atomic E-state index is 12.8. The van der Waals surface area contributed by atoms with E-state index in [1.165, 1.54) is 11.3 Å². The molecule has 0 bridgehead atoms. The first-order chi connectivity index (χ1) is 12.0. The van der Waals surface area contributed by atoms with Gasteiger partial charge in [0.2, 0.25) is 5.78 Å². The average molecular weight is 420 g/mol. The van der Waals surface area contributed by atoms with Gasteiger partial charge in [-0.15, -0.1) is 0 Å². The largest absolute Gasteiger partial charge is 0.422 e. The predicted octanol–water partition coefficient (Wildman–Crippen LogP) is 3.43. The number of halogens is 1. The van der Waals surface area contributed by atoms with Crippen molar-refractivity contribution in [2.24, 2.45) is 0 Å². The van der Waals surface area contributed by atoms with Gasteiger partial charge in [0.05, 0.1) is 0 Å². The Morgan fingerprint density at radius 1 is 1.28 bits per heavy atom. The highest BCUT2D eigenvalue weighted by molar-refractivity contribution is 9.10. The van der Waals surface area contributed by atoms with Crippen molar-refractivity contribution in [1.82, 2.24) is 4.98 Å². The van der Waals surface area contributed by atoms with Gasteiger partial charge in [-0.2, -0.15) is 0 Å². The molecule has 1 fully saturated rings. The Bertz CT molecular complexity index is 1040. The van der Waals surface area contributed by atoms with Crippen LogP contribution in [-0.4, -0.2) is 23.9 Å². The molecule has 0 atom stereocenters. The van der Waals surface area contributed by atoms with Crippen molar-refractivity contribution in [1.29, 1.82) is 0 Å². The summed E-state index contributed by atoms with van der Waals surface area (Å²) >= 11 is 4.60. The minimum Gasteiger partial charge on any atom is -0.422 e. The molecule has 0 saturated carbocycles. The van der Waals surface area contributed by atoms with E-state index in [1.807, 2.05) is 0 Å². The minimum atomic E-state index is -0.671. The van der Waals surface area contributed by atoms with Crippen LogP contribution in [0.2, 0.25) is 0 Å². The number of carbonyl (C=O) groups is 1. The molecular weight excluding hydrogens is 406 g/mol. The molecule has 1 aliphatic heterocycles. The lowest BCUT2D eigenvalue weighted by Crippen LogP contribution is -2.17. The van der Waals surface area contributed by atoms with Crippen LogP contribution in [0.15, 0.2) is 37.9 Å². The Labute approximate surface area is 155 Å². The monoisotopic (exact) mass is 419 g/mol. The van der Waals surface area contributed by atoms with Crippen molar-refractivity contribution in [3.63, 3.8) is 0 Å². The summed E-state index contributed by atoms with van der Waals surface area (Å²) in [6, 6.07) is 6.79. The smallest absolute Gasteiger partial charge is 0.347 e. The van der Waals surface area contributed by atoms with Crippen molar-refractivity contribution in [3.05, 3.63) is 49.6 Å². The van der Waals surface area contributed by atoms with Gasteiger partial charge in [0.15, 0.2) is 5.13 Å². The van der Waals surface area contributed by atoms with Crippen LogP contribution in [0.3, 0.4) is 0 Å². The van der Waals surface area contributed by atoms with E-state index in [-0.39, 0.29) is 16.3 Å². The van der Waals surface area contributed by atoms with Crippen molar-refractivity contribution in [3.8, 4) is 0 Å². The summed E-state index contributed by atoms with van der Waals surface area (Å²) in [4.78, 5) is 31.8. The quantitative estimate of drug-likeness (QED) is 0.516. The van der Waals surface area contributed by atoms with Gasteiger partial charge in [-0.25, -0.2) is 9.78 Å². The molecule has 3 aromatic rings. The normalized spacial score (nSPS) is 14.4. The first-order valence-electron chi connectivity index (χ1n) is 7.82. The molecule has 2 aromatic heterocycles. The molecule has 2 N–H and O–H groups in total. The molecule has 3 heterocycles. The minimum absolute atomic E-state index is 0.0334. The van der Waals surface area contributed by atoms with Crippen LogP contribution in [0.25, 0.3) is 11.0 Å². The number of thiazole rings is 1. The molecule has 0 radical (unpaired) electrons. The van der Waals surface area contributed by atoms with Crippen molar-refractivity contribution in [2.75, 3.05) is 23.7 Å².